The molecular weight excluding hydrogens is 520 g/mol. The number of allylic oxidation sites excluding steroid dienone is 2. The highest BCUT2D eigenvalue weighted by Crippen LogP contribution is 2.68. The van der Waals surface area contributed by atoms with Gasteiger partial charge in [0.15, 0.2) is 0 Å². The van der Waals surface area contributed by atoms with Crippen LogP contribution in [-0.2, 0) is 28.6 Å². The van der Waals surface area contributed by atoms with Crippen LogP contribution in [0.25, 0.3) is 0 Å². The number of fused-ring (bicyclic) bond motifs is 5. The van der Waals surface area contributed by atoms with Crippen molar-refractivity contribution in [1.29, 1.82) is 0 Å². The molecule has 1 N–H and O–H groups in total. The number of aliphatic hydroxyl groups excluding tert-OH is 1. The van der Waals surface area contributed by atoms with Gasteiger partial charge in [0.2, 0.25) is 0 Å². The van der Waals surface area contributed by atoms with Gasteiger partial charge in [-0.25, -0.2) is 0 Å². The predicted octanol–water partition coefficient (Wildman–Crippen LogP) is 6.18. The Balaban J connectivity index is 1.71. The molecule has 0 aromatic carbocycles. The molecule has 4 rings (SSSR count). The lowest BCUT2D eigenvalue weighted by Crippen LogP contribution is -2.57. The molecule has 0 heterocycles. The standard InChI is InChI=1S/C34H52O7/c1-19(2)20(3)9-10-21(4)28-16-30(40-23(6)36)32-26-12-11-25-15-29(38)31(41-24(7)37)17-33(25,8)27(26)13-14-34(28,32)18-39-22(5)35/h11,19,21,26-32,38H,3,9-10,12-18H2,1-2,4-8H3. The lowest BCUT2D eigenvalue weighted by molar-refractivity contribution is -0.171. The van der Waals surface area contributed by atoms with Crippen LogP contribution in [0.1, 0.15) is 99.8 Å². The van der Waals surface area contributed by atoms with Crippen LogP contribution in [0.4, 0.5) is 0 Å². The van der Waals surface area contributed by atoms with E-state index in [9.17, 15) is 19.5 Å². The van der Waals surface area contributed by atoms with Crippen molar-refractivity contribution in [2.75, 3.05) is 6.61 Å². The molecule has 41 heavy (non-hydrogen) atoms. The number of hydrogen-bond acceptors (Lipinski definition) is 7. The van der Waals surface area contributed by atoms with Gasteiger partial charge in [-0.2, -0.15) is 0 Å². The molecule has 10 atom stereocenters. The van der Waals surface area contributed by atoms with Crippen molar-refractivity contribution in [3.63, 3.8) is 0 Å². The minimum Gasteiger partial charge on any atom is -0.465 e. The van der Waals surface area contributed by atoms with Gasteiger partial charge in [0.05, 0.1) is 12.7 Å². The zero-order valence-electron chi connectivity index (χ0n) is 26.2. The number of hydrogen-bond donors (Lipinski definition) is 1. The Morgan fingerprint density at radius 3 is 2.34 bits per heavy atom. The summed E-state index contributed by atoms with van der Waals surface area (Å²) in [5.41, 5.74) is 1.99. The van der Waals surface area contributed by atoms with Crippen LogP contribution in [-0.4, -0.2) is 47.9 Å². The van der Waals surface area contributed by atoms with Gasteiger partial charge in [-0.05, 0) is 86.4 Å². The third-order valence-corrected chi connectivity index (χ3v) is 11.5. The summed E-state index contributed by atoms with van der Waals surface area (Å²) >= 11 is 0. The molecule has 7 nitrogen and oxygen atoms in total. The highest BCUT2D eigenvalue weighted by atomic mass is 16.6. The van der Waals surface area contributed by atoms with E-state index in [1.807, 2.05) is 0 Å². The average molecular weight is 573 g/mol. The van der Waals surface area contributed by atoms with E-state index in [1.54, 1.807) is 0 Å². The summed E-state index contributed by atoms with van der Waals surface area (Å²) in [6.45, 7) is 17.9. The zero-order valence-corrected chi connectivity index (χ0v) is 26.2. The Hall–Kier alpha value is -2.15. The molecule has 10 unspecified atom stereocenters. The topological polar surface area (TPSA) is 99.1 Å². The Labute approximate surface area is 246 Å². The lowest BCUT2D eigenvalue weighted by atomic mass is 9.46. The molecule has 7 heteroatoms. The third kappa shape index (κ3) is 6.16. The number of rotatable bonds is 9. The molecule has 230 valence electrons. The van der Waals surface area contributed by atoms with Crippen molar-refractivity contribution in [3.05, 3.63) is 23.8 Å². The molecule has 0 bridgehead atoms. The maximum absolute atomic E-state index is 12.4. The van der Waals surface area contributed by atoms with Crippen LogP contribution in [0.5, 0.6) is 0 Å². The second kappa shape index (κ2) is 12.2. The Morgan fingerprint density at radius 1 is 1.07 bits per heavy atom. The van der Waals surface area contributed by atoms with Gasteiger partial charge >= 0.3 is 17.9 Å². The van der Waals surface area contributed by atoms with Crippen LogP contribution >= 0.6 is 0 Å². The van der Waals surface area contributed by atoms with Crippen LogP contribution in [0, 0.1) is 46.3 Å². The van der Waals surface area contributed by atoms with E-state index in [1.165, 1.54) is 31.9 Å². The number of carbonyl (C=O) groups is 3. The minimum absolute atomic E-state index is 0.0545. The first-order chi connectivity index (χ1) is 19.2. The molecule has 0 aromatic heterocycles. The largest absolute Gasteiger partial charge is 0.465 e. The van der Waals surface area contributed by atoms with Crippen molar-refractivity contribution in [3.8, 4) is 0 Å². The fourth-order valence-electron chi connectivity index (χ4n) is 9.43. The van der Waals surface area contributed by atoms with Gasteiger partial charge in [0.25, 0.3) is 0 Å². The van der Waals surface area contributed by atoms with Crippen molar-refractivity contribution < 1.29 is 33.7 Å². The maximum Gasteiger partial charge on any atom is 0.302 e. The van der Waals surface area contributed by atoms with Crippen molar-refractivity contribution in [2.45, 2.75) is 118 Å². The number of carbonyl (C=O) groups excluding carboxylic acids is 3. The van der Waals surface area contributed by atoms with Crippen LogP contribution in [0.2, 0.25) is 0 Å². The predicted molar refractivity (Wildman–Crippen MR) is 156 cm³/mol. The summed E-state index contributed by atoms with van der Waals surface area (Å²) in [7, 11) is 0. The van der Waals surface area contributed by atoms with E-state index in [2.05, 4.69) is 40.3 Å². The van der Waals surface area contributed by atoms with E-state index >= 15 is 0 Å². The molecule has 0 amide bonds. The first-order valence-corrected chi connectivity index (χ1v) is 15.7. The average Bonchev–Trinajstić information content (AvgIpc) is 3.20. The van der Waals surface area contributed by atoms with Gasteiger partial charge in [-0.15, -0.1) is 0 Å². The first kappa shape index (κ1) is 31.8. The van der Waals surface area contributed by atoms with E-state index in [4.69, 9.17) is 14.2 Å². The molecule has 0 aromatic rings. The molecule has 4 aliphatic carbocycles. The molecule has 0 spiro atoms. The quantitative estimate of drug-likeness (QED) is 0.200. The SMILES string of the molecule is C=C(CCC(C)C1CC(OC(C)=O)C2C3CC=C4CC(O)C(OC(C)=O)CC4(C)C3CCC12COC(C)=O)C(C)C. The normalized spacial score (nSPS) is 38.6. The molecule has 0 aliphatic heterocycles. The second-order valence-electron chi connectivity index (χ2n) is 14.2. The maximum atomic E-state index is 12.4. The zero-order chi connectivity index (χ0) is 30.3. The van der Waals surface area contributed by atoms with Crippen molar-refractivity contribution in [2.24, 2.45) is 46.3 Å². The first-order valence-electron chi connectivity index (χ1n) is 15.7. The summed E-state index contributed by atoms with van der Waals surface area (Å²) in [5, 5.41) is 10.8. The van der Waals surface area contributed by atoms with Crippen LogP contribution in [0.15, 0.2) is 23.8 Å². The molecule has 3 saturated carbocycles. The van der Waals surface area contributed by atoms with Crippen LogP contribution in [0.3, 0.4) is 0 Å². The third-order valence-electron chi connectivity index (χ3n) is 11.5. The second-order valence-corrected chi connectivity index (χ2v) is 14.2. The summed E-state index contributed by atoms with van der Waals surface area (Å²) < 4.78 is 17.6. The minimum atomic E-state index is -0.701. The van der Waals surface area contributed by atoms with Crippen molar-refractivity contribution >= 4 is 17.9 Å². The van der Waals surface area contributed by atoms with Crippen LogP contribution < -0.4 is 0 Å². The van der Waals surface area contributed by atoms with Gasteiger partial charge in [-0.1, -0.05) is 51.5 Å². The Morgan fingerprint density at radius 2 is 1.73 bits per heavy atom. The molecular formula is C34H52O7. The van der Waals surface area contributed by atoms with E-state index in [0.29, 0.717) is 31.3 Å². The van der Waals surface area contributed by atoms with Crippen molar-refractivity contribution in [1.82, 2.24) is 0 Å². The summed E-state index contributed by atoms with van der Waals surface area (Å²) in [6, 6.07) is 0. The van der Waals surface area contributed by atoms with Gasteiger partial charge < -0.3 is 19.3 Å². The Bertz CT molecular complexity index is 1060. The number of aliphatic hydroxyl groups is 1. The summed E-state index contributed by atoms with van der Waals surface area (Å²) in [4.78, 5) is 36.5. The smallest absolute Gasteiger partial charge is 0.302 e. The summed E-state index contributed by atoms with van der Waals surface area (Å²) in [5.74, 6) is 0.689. The number of ether oxygens (including phenoxy) is 3. The highest BCUT2D eigenvalue weighted by Gasteiger charge is 2.66. The summed E-state index contributed by atoms with van der Waals surface area (Å²) in [6.07, 6.45) is 7.32. The van der Waals surface area contributed by atoms with Gasteiger partial charge in [0, 0.05) is 32.1 Å². The van der Waals surface area contributed by atoms with E-state index in [-0.39, 0.29) is 58.5 Å². The van der Waals surface area contributed by atoms with E-state index < -0.39 is 12.2 Å². The monoisotopic (exact) mass is 572 g/mol. The number of esters is 3. The van der Waals surface area contributed by atoms with E-state index in [0.717, 1.165) is 38.5 Å². The fourth-order valence-corrected chi connectivity index (χ4v) is 9.43. The lowest BCUT2D eigenvalue weighted by Gasteiger charge is -2.59. The Kier molecular flexibility index (Phi) is 9.47. The molecule has 3 fully saturated rings. The van der Waals surface area contributed by atoms with Gasteiger partial charge in [-0.3, -0.25) is 14.4 Å². The highest BCUT2D eigenvalue weighted by molar-refractivity contribution is 5.67. The van der Waals surface area contributed by atoms with Gasteiger partial charge in [0.1, 0.15) is 12.2 Å². The molecule has 4 aliphatic rings. The molecule has 0 saturated heterocycles. The fraction of sp³-hybridized carbons (Fsp3) is 0.794. The molecule has 0 radical (unpaired) electrons.